The second-order valence-electron chi connectivity index (χ2n) is 9.52. The molecule has 1 heterocycles. The maximum Gasteiger partial charge on any atom is 0.0352 e. The molecule has 0 aromatic heterocycles. The third-order valence-electron chi connectivity index (χ3n) is 6.60. The van der Waals surface area contributed by atoms with E-state index in [1.807, 2.05) is 0 Å². The molecule has 0 bridgehead atoms. The molecule has 1 fully saturated rings. The van der Waals surface area contributed by atoms with Gasteiger partial charge in [0, 0.05) is 29.1 Å². The lowest BCUT2D eigenvalue weighted by atomic mass is 9.77. The molecular weight excluding hydrogens is 314 g/mol. The van der Waals surface area contributed by atoms with Gasteiger partial charge in [0.25, 0.3) is 0 Å². The molecule has 1 nitrogen and oxygen atoms in total. The summed E-state index contributed by atoms with van der Waals surface area (Å²) in [6.07, 6.45) is 9.56. The first-order valence-corrected chi connectivity index (χ1v) is 10.5. The molecule has 0 radical (unpaired) electrons. The minimum Gasteiger partial charge on any atom is -0.368 e. The molecule has 1 unspecified atom stereocenters. The number of hydrogen-bond donors (Lipinski definition) is 0. The second kappa shape index (κ2) is 6.91. The average Bonchev–Trinajstić information content (AvgIpc) is 2.83. The quantitative estimate of drug-likeness (QED) is 0.583. The van der Waals surface area contributed by atoms with Crippen LogP contribution in [0.1, 0.15) is 77.0 Å². The van der Waals surface area contributed by atoms with Gasteiger partial charge in [-0.15, -0.1) is 0 Å². The van der Waals surface area contributed by atoms with Crippen molar-refractivity contribution in [2.24, 2.45) is 5.92 Å². The van der Waals surface area contributed by atoms with E-state index in [-0.39, 0.29) is 11.0 Å². The Kier molecular flexibility index (Phi) is 5.12. The van der Waals surface area contributed by atoms with E-state index < -0.39 is 0 Å². The third-order valence-corrected chi connectivity index (χ3v) is 6.60. The Labute approximate surface area is 161 Å². The molecule has 0 amide bonds. The molecule has 0 saturated carbocycles. The Morgan fingerprint density at radius 2 is 1.69 bits per heavy atom. The molecule has 1 aromatic carbocycles. The summed E-state index contributed by atoms with van der Waals surface area (Å²) in [6.45, 7) is 17.6. The van der Waals surface area contributed by atoms with Crippen LogP contribution in [-0.4, -0.2) is 17.0 Å². The lowest BCUT2D eigenvalue weighted by Crippen LogP contribution is -2.40. The van der Waals surface area contributed by atoms with E-state index in [1.54, 1.807) is 11.3 Å². The molecule has 1 aromatic rings. The standard InChI is InChI=1S/C25H37N/c1-8-20-11-10-12-21(9-2)23(20)26-17-25(7,16-24(26,5)6)22-14-18(3)13-19(4)15-22/h10-11,13-15,21H,8-9,12,16-17H2,1-7H3/t21-,25?/m1/s1. The fourth-order valence-electron chi connectivity index (χ4n) is 5.48. The van der Waals surface area contributed by atoms with Crippen molar-refractivity contribution in [1.29, 1.82) is 0 Å². The van der Waals surface area contributed by atoms with Crippen molar-refractivity contribution in [3.05, 3.63) is 58.3 Å². The summed E-state index contributed by atoms with van der Waals surface area (Å²) in [6, 6.07) is 7.13. The fraction of sp³-hybridized carbons (Fsp3) is 0.600. The Balaban J connectivity index is 2.04. The summed E-state index contributed by atoms with van der Waals surface area (Å²) in [5.74, 6) is 0.677. The van der Waals surface area contributed by atoms with E-state index in [0.29, 0.717) is 5.92 Å². The van der Waals surface area contributed by atoms with Gasteiger partial charge < -0.3 is 4.90 Å². The van der Waals surface area contributed by atoms with E-state index >= 15 is 0 Å². The second-order valence-corrected chi connectivity index (χ2v) is 9.52. The fourth-order valence-corrected chi connectivity index (χ4v) is 5.48. The van der Waals surface area contributed by atoms with Gasteiger partial charge in [-0.2, -0.15) is 0 Å². The van der Waals surface area contributed by atoms with Crippen LogP contribution in [0.25, 0.3) is 0 Å². The molecular formula is C25H37N. The smallest absolute Gasteiger partial charge is 0.0352 e. The van der Waals surface area contributed by atoms with Crippen LogP contribution in [-0.2, 0) is 5.41 Å². The molecule has 3 rings (SSSR count). The van der Waals surface area contributed by atoms with Gasteiger partial charge >= 0.3 is 0 Å². The van der Waals surface area contributed by atoms with Crippen molar-refractivity contribution in [1.82, 2.24) is 4.90 Å². The van der Waals surface area contributed by atoms with E-state index in [0.717, 1.165) is 13.0 Å². The van der Waals surface area contributed by atoms with Crippen LogP contribution in [0.2, 0.25) is 0 Å². The highest BCUT2D eigenvalue weighted by Gasteiger charge is 2.48. The number of benzene rings is 1. The van der Waals surface area contributed by atoms with Gasteiger partial charge in [0.2, 0.25) is 0 Å². The van der Waals surface area contributed by atoms with Gasteiger partial charge in [0.05, 0.1) is 0 Å². The highest BCUT2D eigenvalue weighted by atomic mass is 15.2. The monoisotopic (exact) mass is 351 g/mol. The van der Waals surface area contributed by atoms with E-state index in [9.17, 15) is 0 Å². The minimum atomic E-state index is 0.195. The first-order valence-electron chi connectivity index (χ1n) is 10.5. The van der Waals surface area contributed by atoms with Crippen LogP contribution in [0.15, 0.2) is 41.6 Å². The Morgan fingerprint density at radius 1 is 1.04 bits per heavy atom. The van der Waals surface area contributed by atoms with Crippen LogP contribution in [0.5, 0.6) is 0 Å². The molecule has 142 valence electrons. The van der Waals surface area contributed by atoms with E-state index in [4.69, 9.17) is 0 Å². The highest BCUT2D eigenvalue weighted by molar-refractivity contribution is 5.39. The molecule has 0 N–H and O–H groups in total. The predicted octanol–water partition coefficient (Wildman–Crippen LogP) is 6.70. The number of hydrogen-bond acceptors (Lipinski definition) is 1. The first kappa shape index (κ1) is 19.3. The Hall–Kier alpha value is -1.50. The molecule has 2 atom stereocenters. The largest absolute Gasteiger partial charge is 0.368 e. The number of aryl methyl sites for hydroxylation is 2. The Bertz CT molecular complexity index is 716. The van der Waals surface area contributed by atoms with E-state index in [2.05, 4.69) is 83.7 Å². The first-order chi connectivity index (χ1) is 12.2. The topological polar surface area (TPSA) is 3.24 Å². The van der Waals surface area contributed by atoms with Crippen LogP contribution in [0.4, 0.5) is 0 Å². The minimum absolute atomic E-state index is 0.195. The number of likely N-dealkylation sites (tertiary alicyclic amines) is 1. The predicted molar refractivity (Wildman–Crippen MR) is 114 cm³/mol. The van der Waals surface area contributed by atoms with Crippen molar-refractivity contribution in [3.63, 3.8) is 0 Å². The van der Waals surface area contributed by atoms with E-state index in [1.165, 1.54) is 36.0 Å². The molecule has 1 saturated heterocycles. The van der Waals surface area contributed by atoms with Gasteiger partial charge in [0.1, 0.15) is 0 Å². The number of nitrogens with zero attached hydrogens (tertiary/aromatic N) is 1. The third kappa shape index (κ3) is 3.38. The van der Waals surface area contributed by atoms with Crippen molar-refractivity contribution in [2.45, 2.75) is 85.1 Å². The molecule has 2 aliphatic rings. The maximum atomic E-state index is 2.78. The van der Waals surface area contributed by atoms with Crippen LogP contribution >= 0.6 is 0 Å². The lowest BCUT2D eigenvalue weighted by Gasteiger charge is -2.41. The SMILES string of the molecule is CCC1=C(N2CC(C)(c3cc(C)cc(C)c3)CC2(C)C)[C@H](CC)CC=C1. The lowest BCUT2D eigenvalue weighted by molar-refractivity contribution is 0.197. The normalized spacial score (nSPS) is 28.1. The summed E-state index contributed by atoms with van der Waals surface area (Å²) < 4.78 is 0. The zero-order valence-electron chi connectivity index (χ0n) is 17.9. The van der Waals surface area contributed by atoms with Crippen LogP contribution in [0.3, 0.4) is 0 Å². The molecule has 1 heteroatoms. The average molecular weight is 352 g/mol. The van der Waals surface area contributed by atoms with Crippen LogP contribution in [0, 0.1) is 19.8 Å². The van der Waals surface area contributed by atoms with Crippen molar-refractivity contribution in [3.8, 4) is 0 Å². The van der Waals surface area contributed by atoms with Crippen molar-refractivity contribution >= 4 is 0 Å². The highest BCUT2D eigenvalue weighted by Crippen LogP contribution is 2.48. The summed E-state index contributed by atoms with van der Waals surface area (Å²) >= 11 is 0. The zero-order valence-corrected chi connectivity index (χ0v) is 17.9. The maximum absolute atomic E-state index is 2.78. The summed E-state index contributed by atoms with van der Waals surface area (Å²) in [5.41, 5.74) is 7.89. The summed E-state index contributed by atoms with van der Waals surface area (Å²) in [5, 5.41) is 0. The molecule has 1 aliphatic heterocycles. The van der Waals surface area contributed by atoms with Gasteiger partial charge in [-0.3, -0.25) is 0 Å². The van der Waals surface area contributed by atoms with Crippen molar-refractivity contribution < 1.29 is 0 Å². The van der Waals surface area contributed by atoms with Gasteiger partial charge in [-0.1, -0.05) is 62.2 Å². The zero-order chi connectivity index (χ0) is 19.1. The molecule has 26 heavy (non-hydrogen) atoms. The summed E-state index contributed by atoms with van der Waals surface area (Å²) in [4.78, 5) is 2.78. The van der Waals surface area contributed by atoms with Gasteiger partial charge in [-0.25, -0.2) is 0 Å². The van der Waals surface area contributed by atoms with Crippen molar-refractivity contribution in [2.75, 3.05) is 6.54 Å². The van der Waals surface area contributed by atoms with Gasteiger partial charge in [-0.05, 0) is 64.5 Å². The number of allylic oxidation sites excluding steroid dienone is 4. The summed E-state index contributed by atoms with van der Waals surface area (Å²) in [7, 11) is 0. The molecule has 0 spiro atoms. The Morgan fingerprint density at radius 3 is 2.27 bits per heavy atom. The van der Waals surface area contributed by atoms with Crippen LogP contribution < -0.4 is 0 Å². The van der Waals surface area contributed by atoms with Gasteiger partial charge in [0.15, 0.2) is 0 Å². The number of rotatable bonds is 4. The molecule has 1 aliphatic carbocycles.